The first kappa shape index (κ1) is 9.78. The molecule has 0 unspecified atom stereocenters. The van der Waals surface area contributed by atoms with E-state index in [1.54, 1.807) is 7.05 Å². The Labute approximate surface area is 66.1 Å². The predicted molar refractivity (Wildman–Crippen MR) is 44.8 cm³/mol. The molecule has 10 heavy (non-hydrogen) atoms. The first-order valence-corrected chi connectivity index (χ1v) is 4.35. The van der Waals surface area contributed by atoms with Gasteiger partial charge in [-0.3, -0.25) is 9.52 Å². The van der Waals surface area contributed by atoms with Crippen LogP contribution in [-0.2, 0) is 4.79 Å². The van der Waals surface area contributed by atoms with Gasteiger partial charge in [-0.05, 0) is 13.5 Å². The minimum atomic E-state index is 0.0983. The van der Waals surface area contributed by atoms with Gasteiger partial charge in [0.1, 0.15) is 0 Å². The van der Waals surface area contributed by atoms with Gasteiger partial charge in [0, 0.05) is 6.54 Å². The molecule has 4 heteroatoms. The molecule has 0 atom stereocenters. The van der Waals surface area contributed by atoms with Crippen molar-refractivity contribution in [2.45, 2.75) is 13.3 Å². The third-order valence-electron chi connectivity index (χ3n) is 0.920. The molecule has 3 nitrogen and oxygen atoms in total. The van der Waals surface area contributed by atoms with Gasteiger partial charge in [0.2, 0.25) is 5.91 Å². The lowest BCUT2D eigenvalue weighted by Crippen LogP contribution is -2.26. The second-order valence-electron chi connectivity index (χ2n) is 1.84. The summed E-state index contributed by atoms with van der Waals surface area (Å²) in [5, 5.41) is 2.77. The Bertz CT molecular complexity index is 87.7. The SMILES string of the molecule is CCCNC(=O)CSNC. The molecular weight excluding hydrogens is 148 g/mol. The summed E-state index contributed by atoms with van der Waals surface area (Å²) in [6.07, 6.45) is 0.996. The van der Waals surface area contributed by atoms with E-state index in [0.717, 1.165) is 13.0 Å². The largest absolute Gasteiger partial charge is 0.355 e. The van der Waals surface area contributed by atoms with Gasteiger partial charge in [-0.25, -0.2) is 0 Å². The Balaban J connectivity index is 3.09. The van der Waals surface area contributed by atoms with Crippen molar-refractivity contribution in [3.05, 3.63) is 0 Å². The Morgan fingerprint density at radius 2 is 2.30 bits per heavy atom. The molecule has 0 saturated carbocycles. The van der Waals surface area contributed by atoms with Gasteiger partial charge in [-0.1, -0.05) is 18.9 Å². The van der Waals surface area contributed by atoms with Crippen molar-refractivity contribution >= 4 is 17.9 Å². The lowest BCUT2D eigenvalue weighted by Gasteiger charge is -2.00. The Kier molecular flexibility index (Phi) is 6.74. The van der Waals surface area contributed by atoms with Crippen LogP contribution in [0.3, 0.4) is 0 Å². The number of carbonyl (C=O) groups excluding carboxylic acids is 1. The highest BCUT2D eigenvalue weighted by Crippen LogP contribution is 1.88. The van der Waals surface area contributed by atoms with E-state index in [9.17, 15) is 4.79 Å². The fourth-order valence-corrected chi connectivity index (χ4v) is 0.831. The molecule has 0 rings (SSSR count). The van der Waals surface area contributed by atoms with Crippen LogP contribution in [0.1, 0.15) is 13.3 Å². The standard InChI is InChI=1S/C6H14N2OS/c1-3-4-8-6(9)5-10-7-2/h7H,3-5H2,1-2H3,(H,8,9). The minimum absolute atomic E-state index is 0.0983. The van der Waals surface area contributed by atoms with E-state index in [4.69, 9.17) is 0 Å². The highest BCUT2D eigenvalue weighted by atomic mass is 32.2. The van der Waals surface area contributed by atoms with Gasteiger partial charge in [0.15, 0.2) is 0 Å². The van der Waals surface area contributed by atoms with Crippen LogP contribution in [0.2, 0.25) is 0 Å². The van der Waals surface area contributed by atoms with Crippen molar-refractivity contribution < 1.29 is 4.79 Å². The van der Waals surface area contributed by atoms with Gasteiger partial charge in [-0.15, -0.1) is 0 Å². The van der Waals surface area contributed by atoms with Crippen molar-refractivity contribution in [2.24, 2.45) is 0 Å². The van der Waals surface area contributed by atoms with Gasteiger partial charge >= 0.3 is 0 Å². The van der Waals surface area contributed by atoms with E-state index < -0.39 is 0 Å². The van der Waals surface area contributed by atoms with Gasteiger partial charge in [-0.2, -0.15) is 0 Å². The Hall–Kier alpha value is -0.220. The average molecular weight is 162 g/mol. The molecular formula is C6H14N2OS. The number of nitrogens with one attached hydrogen (secondary N) is 2. The predicted octanol–water partition coefficient (Wildman–Crippen LogP) is 0.380. The number of rotatable bonds is 5. The van der Waals surface area contributed by atoms with Gasteiger partial charge in [0.25, 0.3) is 0 Å². The molecule has 0 aliphatic rings. The number of amides is 1. The molecule has 0 aromatic heterocycles. The summed E-state index contributed by atoms with van der Waals surface area (Å²) in [7, 11) is 1.80. The molecule has 0 bridgehead atoms. The third kappa shape index (κ3) is 5.91. The zero-order valence-corrected chi connectivity index (χ0v) is 7.25. The van der Waals surface area contributed by atoms with Gasteiger partial charge < -0.3 is 5.32 Å². The van der Waals surface area contributed by atoms with Crippen molar-refractivity contribution in [2.75, 3.05) is 19.3 Å². The first-order chi connectivity index (χ1) is 4.81. The van der Waals surface area contributed by atoms with Crippen LogP contribution >= 0.6 is 11.9 Å². The smallest absolute Gasteiger partial charge is 0.231 e. The molecule has 1 amide bonds. The van der Waals surface area contributed by atoms with Crippen molar-refractivity contribution in [3.8, 4) is 0 Å². The van der Waals surface area contributed by atoms with E-state index in [1.165, 1.54) is 11.9 Å². The fourth-order valence-electron chi connectivity index (χ4n) is 0.453. The van der Waals surface area contributed by atoms with Crippen molar-refractivity contribution in [3.63, 3.8) is 0 Å². The summed E-state index contributed by atoms with van der Waals surface area (Å²) < 4.78 is 2.83. The van der Waals surface area contributed by atoms with Crippen LogP contribution in [0.15, 0.2) is 0 Å². The van der Waals surface area contributed by atoms with Crippen LogP contribution in [0.25, 0.3) is 0 Å². The van der Waals surface area contributed by atoms with Crippen LogP contribution in [0.5, 0.6) is 0 Å². The minimum Gasteiger partial charge on any atom is -0.355 e. The number of hydrogen-bond donors (Lipinski definition) is 2. The first-order valence-electron chi connectivity index (χ1n) is 3.36. The zero-order chi connectivity index (χ0) is 7.82. The maximum atomic E-state index is 10.8. The molecule has 2 N–H and O–H groups in total. The van der Waals surface area contributed by atoms with Crippen LogP contribution < -0.4 is 10.0 Å². The summed E-state index contributed by atoms with van der Waals surface area (Å²) in [6, 6.07) is 0. The second-order valence-corrected chi connectivity index (χ2v) is 2.83. The van der Waals surface area contributed by atoms with E-state index in [1.807, 2.05) is 6.92 Å². The van der Waals surface area contributed by atoms with Crippen LogP contribution in [0.4, 0.5) is 0 Å². The van der Waals surface area contributed by atoms with E-state index in [-0.39, 0.29) is 5.91 Å². The van der Waals surface area contributed by atoms with Crippen molar-refractivity contribution in [1.82, 2.24) is 10.0 Å². The van der Waals surface area contributed by atoms with E-state index in [2.05, 4.69) is 10.0 Å². The lowest BCUT2D eigenvalue weighted by molar-refractivity contribution is -0.118. The molecule has 0 aromatic carbocycles. The van der Waals surface area contributed by atoms with Crippen LogP contribution in [0, 0.1) is 0 Å². The Morgan fingerprint density at radius 1 is 1.60 bits per heavy atom. The van der Waals surface area contributed by atoms with Crippen LogP contribution in [-0.4, -0.2) is 25.3 Å². The summed E-state index contributed by atoms with van der Waals surface area (Å²) in [4.78, 5) is 10.8. The average Bonchev–Trinajstić information content (AvgIpc) is 1.97. The maximum Gasteiger partial charge on any atom is 0.231 e. The number of carbonyl (C=O) groups is 1. The quantitative estimate of drug-likeness (QED) is 0.574. The molecule has 0 spiro atoms. The molecule has 0 radical (unpaired) electrons. The summed E-state index contributed by atoms with van der Waals surface area (Å²) >= 11 is 1.40. The summed E-state index contributed by atoms with van der Waals surface area (Å²) in [5.74, 6) is 0.595. The monoisotopic (exact) mass is 162 g/mol. The van der Waals surface area contributed by atoms with E-state index >= 15 is 0 Å². The summed E-state index contributed by atoms with van der Waals surface area (Å²) in [5.41, 5.74) is 0. The van der Waals surface area contributed by atoms with E-state index in [0.29, 0.717) is 5.75 Å². The normalized spacial score (nSPS) is 9.40. The second kappa shape index (κ2) is 6.89. The third-order valence-corrected chi connectivity index (χ3v) is 1.61. The molecule has 0 aromatic rings. The van der Waals surface area contributed by atoms with Crippen molar-refractivity contribution in [1.29, 1.82) is 0 Å². The molecule has 0 fully saturated rings. The highest BCUT2D eigenvalue weighted by molar-refractivity contribution is 7.98. The number of hydrogen-bond acceptors (Lipinski definition) is 3. The summed E-state index contributed by atoms with van der Waals surface area (Å²) in [6.45, 7) is 2.81. The molecule has 0 aliphatic heterocycles. The fraction of sp³-hybridized carbons (Fsp3) is 0.833. The zero-order valence-electron chi connectivity index (χ0n) is 6.44. The molecule has 60 valence electrons. The highest BCUT2D eigenvalue weighted by Gasteiger charge is 1.96. The maximum absolute atomic E-state index is 10.8. The topological polar surface area (TPSA) is 41.1 Å². The molecule has 0 aliphatic carbocycles. The molecule has 0 heterocycles. The molecule has 0 saturated heterocycles. The Morgan fingerprint density at radius 3 is 2.80 bits per heavy atom. The lowest BCUT2D eigenvalue weighted by atomic mass is 10.5. The van der Waals surface area contributed by atoms with Gasteiger partial charge in [0.05, 0.1) is 5.75 Å².